The molecular formula is C11H22O4. The van der Waals surface area contributed by atoms with Crippen LogP contribution in [0.15, 0.2) is 0 Å². The molecule has 0 fully saturated rings. The van der Waals surface area contributed by atoms with Gasteiger partial charge in [-0.2, -0.15) is 0 Å². The van der Waals surface area contributed by atoms with Crippen LogP contribution in [0.1, 0.15) is 39.5 Å². The van der Waals surface area contributed by atoms with Crippen LogP contribution in [0.4, 0.5) is 0 Å². The van der Waals surface area contributed by atoms with Crippen molar-refractivity contribution in [2.45, 2.75) is 39.5 Å². The zero-order valence-electron chi connectivity index (χ0n) is 9.66. The quantitative estimate of drug-likeness (QED) is 0.473. The first-order chi connectivity index (χ1) is 7.16. The van der Waals surface area contributed by atoms with Gasteiger partial charge < -0.3 is 14.9 Å². The van der Waals surface area contributed by atoms with Crippen molar-refractivity contribution < 1.29 is 19.7 Å². The highest BCUT2D eigenvalue weighted by Crippen LogP contribution is 2.22. The molecule has 0 saturated heterocycles. The normalized spacial score (nSPS) is 11.5. The average molecular weight is 218 g/mol. The van der Waals surface area contributed by atoms with Crippen LogP contribution in [0.3, 0.4) is 0 Å². The summed E-state index contributed by atoms with van der Waals surface area (Å²) >= 11 is 0. The fourth-order valence-electron chi connectivity index (χ4n) is 1.22. The van der Waals surface area contributed by atoms with E-state index in [2.05, 4.69) is 6.92 Å². The molecule has 15 heavy (non-hydrogen) atoms. The Balaban J connectivity index is 4.04. The van der Waals surface area contributed by atoms with E-state index in [4.69, 9.17) is 14.9 Å². The molecule has 0 bridgehead atoms. The van der Waals surface area contributed by atoms with Gasteiger partial charge in [0.15, 0.2) is 0 Å². The molecule has 4 heteroatoms. The standard InChI is InChI=1S/C11H22O4/c1-3-5-6-7-15-10(14)11(4-2,8-12)9-13/h12-13H,3-9H2,1-2H3. The monoisotopic (exact) mass is 218 g/mol. The summed E-state index contributed by atoms with van der Waals surface area (Å²) < 4.78 is 5.02. The van der Waals surface area contributed by atoms with Crippen LogP contribution in [0.5, 0.6) is 0 Å². The third-order valence-electron chi connectivity index (χ3n) is 2.70. The van der Waals surface area contributed by atoms with Crippen molar-refractivity contribution in [3.63, 3.8) is 0 Å². The number of aliphatic hydroxyl groups excluding tert-OH is 2. The SMILES string of the molecule is CCCCCOC(=O)C(CC)(CO)CO. The van der Waals surface area contributed by atoms with Gasteiger partial charge in [0.05, 0.1) is 19.8 Å². The van der Waals surface area contributed by atoms with Crippen molar-refractivity contribution >= 4 is 5.97 Å². The summed E-state index contributed by atoms with van der Waals surface area (Å²) in [6, 6.07) is 0. The van der Waals surface area contributed by atoms with Crippen molar-refractivity contribution in [3.05, 3.63) is 0 Å². The van der Waals surface area contributed by atoms with E-state index in [0.29, 0.717) is 13.0 Å². The minimum atomic E-state index is -1.12. The summed E-state index contributed by atoms with van der Waals surface area (Å²) in [6.45, 7) is 3.45. The maximum atomic E-state index is 11.6. The van der Waals surface area contributed by atoms with Crippen molar-refractivity contribution in [2.75, 3.05) is 19.8 Å². The number of ether oxygens (including phenoxy) is 1. The number of hydrogen-bond acceptors (Lipinski definition) is 4. The molecule has 4 nitrogen and oxygen atoms in total. The lowest BCUT2D eigenvalue weighted by Crippen LogP contribution is -2.39. The Morgan fingerprint density at radius 3 is 2.20 bits per heavy atom. The first kappa shape index (κ1) is 14.4. The molecule has 90 valence electrons. The van der Waals surface area contributed by atoms with E-state index in [9.17, 15) is 4.79 Å². The maximum absolute atomic E-state index is 11.6. The molecule has 0 unspecified atom stereocenters. The summed E-state index contributed by atoms with van der Waals surface area (Å²) in [5.74, 6) is -0.494. The molecule has 0 aliphatic carbocycles. The Hall–Kier alpha value is -0.610. The summed E-state index contributed by atoms with van der Waals surface area (Å²) in [5, 5.41) is 18.2. The van der Waals surface area contributed by atoms with E-state index in [-0.39, 0.29) is 13.2 Å². The number of rotatable bonds is 8. The fourth-order valence-corrected chi connectivity index (χ4v) is 1.22. The van der Waals surface area contributed by atoms with Gasteiger partial charge in [-0.25, -0.2) is 0 Å². The molecule has 0 aromatic rings. The molecule has 0 aliphatic heterocycles. The van der Waals surface area contributed by atoms with Crippen molar-refractivity contribution in [2.24, 2.45) is 5.41 Å². The lowest BCUT2D eigenvalue weighted by atomic mass is 9.87. The second-order valence-corrected chi connectivity index (χ2v) is 3.79. The Bertz CT molecular complexity index is 167. The average Bonchev–Trinajstić information content (AvgIpc) is 2.28. The summed E-state index contributed by atoms with van der Waals surface area (Å²) in [5.41, 5.74) is -1.12. The molecule has 0 aromatic carbocycles. The number of esters is 1. The minimum absolute atomic E-state index is 0.368. The van der Waals surface area contributed by atoms with Gasteiger partial charge in [-0.05, 0) is 12.8 Å². The smallest absolute Gasteiger partial charge is 0.316 e. The summed E-state index contributed by atoms with van der Waals surface area (Å²) in [7, 11) is 0. The predicted molar refractivity (Wildman–Crippen MR) is 57.4 cm³/mol. The Labute approximate surface area is 91.3 Å². The van der Waals surface area contributed by atoms with Gasteiger partial charge in [0.25, 0.3) is 0 Å². The summed E-state index contributed by atoms with van der Waals surface area (Å²) in [6.07, 6.45) is 3.30. The van der Waals surface area contributed by atoms with E-state index in [0.717, 1.165) is 19.3 Å². The fraction of sp³-hybridized carbons (Fsp3) is 0.909. The Morgan fingerprint density at radius 1 is 1.20 bits per heavy atom. The van der Waals surface area contributed by atoms with E-state index >= 15 is 0 Å². The number of unbranched alkanes of at least 4 members (excludes halogenated alkanes) is 2. The van der Waals surface area contributed by atoms with Crippen LogP contribution in [0.2, 0.25) is 0 Å². The van der Waals surface area contributed by atoms with Crippen molar-refractivity contribution in [1.29, 1.82) is 0 Å². The molecule has 0 aliphatic rings. The highest BCUT2D eigenvalue weighted by molar-refractivity contribution is 5.77. The van der Waals surface area contributed by atoms with Gasteiger partial charge in [-0.15, -0.1) is 0 Å². The Kier molecular flexibility index (Phi) is 7.34. The first-order valence-electron chi connectivity index (χ1n) is 5.55. The zero-order valence-corrected chi connectivity index (χ0v) is 9.66. The van der Waals surface area contributed by atoms with Crippen molar-refractivity contribution in [1.82, 2.24) is 0 Å². The number of aliphatic hydroxyl groups is 2. The van der Waals surface area contributed by atoms with Gasteiger partial charge in [0.1, 0.15) is 5.41 Å². The van der Waals surface area contributed by atoms with Crippen LogP contribution in [0.25, 0.3) is 0 Å². The molecule has 0 atom stereocenters. The van der Waals surface area contributed by atoms with Gasteiger partial charge in [0, 0.05) is 0 Å². The number of carbonyl (C=O) groups is 1. The first-order valence-corrected chi connectivity index (χ1v) is 5.55. The lowest BCUT2D eigenvalue weighted by Gasteiger charge is -2.25. The molecule has 2 N–H and O–H groups in total. The van der Waals surface area contributed by atoms with Crippen LogP contribution < -0.4 is 0 Å². The number of hydrogen-bond donors (Lipinski definition) is 2. The van der Waals surface area contributed by atoms with Crippen LogP contribution in [-0.2, 0) is 9.53 Å². The molecular weight excluding hydrogens is 196 g/mol. The molecule has 0 aromatic heterocycles. The lowest BCUT2D eigenvalue weighted by molar-refractivity contribution is -0.162. The van der Waals surface area contributed by atoms with Crippen molar-refractivity contribution in [3.8, 4) is 0 Å². The zero-order chi connectivity index (χ0) is 11.7. The highest BCUT2D eigenvalue weighted by atomic mass is 16.5. The molecule has 0 heterocycles. The molecule has 0 spiro atoms. The number of carbonyl (C=O) groups excluding carboxylic acids is 1. The second kappa shape index (κ2) is 7.65. The van der Waals surface area contributed by atoms with Gasteiger partial charge in [-0.3, -0.25) is 4.79 Å². The molecule has 0 saturated carbocycles. The van der Waals surface area contributed by atoms with E-state index < -0.39 is 11.4 Å². The topological polar surface area (TPSA) is 66.8 Å². The highest BCUT2D eigenvalue weighted by Gasteiger charge is 2.37. The van der Waals surface area contributed by atoms with Crippen LogP contribution in [0, 0.1) is 5.41 Å². The molecule has 0 rings (SSSR count). The molecule has 0 amide bonds. The third-order valence-corrected chi connectivity index (χ3v) is 2.70. The second-order valence-electron chi connectivity index (χ2n) is 3.79. The predicted octanol–water partition coefficient (Wildman–Crippen LogP) is 1.10. The van der Waals surface area contributed by atoms with E-state index in [1.54, 1.807) is 6.92 Å². The van der Waals surface area contributed by atoms with Gasteiger partial charge in [0.2, 0.25) is 0 Å². The van der Waals surface area contributed by atoms with Crippen LogP contribution >= 0.6 is 0 Å². The summed E-state index contributed by atoms with van der Waals surface area (Å²) in [4.78, 5) is 11.6. The van der Waals surface area contributed by atoms with E-state index in [1.165, 1.54) is 0 Å². The van der Waals surface area contributed by atoms with Crippen LogP contribution in [-0.4, -0.2) is 36.0 Å². The Morgan fingerprint density at radius 2 is 1.80 bits per heavy atom. The maximum Gasteiger partial charge on any atom is 0.316 e. The largest absolute Gasteiger partial charge is 0.465 e. The van der Waals surface area contributed by atoms with E-state index in [1.807, 2.05) is 0 Å². The van der Waals surface area contributed by atoms with Gasteiger partial charge >= 0.3 is 5.97 Å². The van der Waals surface area contributed by atoms with Gasteiger partial charge in [-0.1, -0.05) is 26.7 Å². The third kappa shape index (κ3) is 4.18. The minimum Gasteiger partial charge on any atom is -0.465 e. The molecule has 0 radical (unpaired) electrons.